The molecule has 0 aliphatic carbocycles. The predicted octanol–water partition coefficient (Wildman–Crippen LogP) is 1.18. The summed E-state index contributed by atoms with van der Waals surface area (Å²) in [6.45, 7) is 1.84. The van der Waals surface area contributed by atoms with E-state index in [2.05, 4.69) is 4.98 Å². The summed E-state index contributed by atoms with van der Waals surface area (Å²) in [5.74, 6) is -0.947. The molecule has 23 heavy (non-hydrogen) atoms. The second kappa shape index (κ2) is 6.12. The van der Waals surface area contributed by atoms with Crippen LogP contribution in [0.1, 0.15) is 10.4 Å². The minimum atomic E-state index is -0.529. The Labute approximate surface area is 131 Å². The molecule has 2 aromatic rings. The van der Waals surface area contributed by atoms with Crippen LogP contribution in [0.2, 0.25) is 0 Å². The average Bonchev–Trinajstić information content (AvgIpc) is 2.54. The van der Waals surface area contributed by atoms with Gasteiger partial charge in [0, 0.05) is 38.3 Å². The number of piperazine rings is 1. The molecule has 0 saturated carbocycles. The number of aromatic hydroxyl groups is 1. The number of hydrogen-bond acceptors (Lipinski definition) is 4. The molecule has 0 atom stereocenters. The number of carbonyl (C=O) groups excluding carboxylic acids is 1. The van der Waals surface area contributed by atoms with Crippen LogP contribution in [0.4, 0.5) is 10.1 Å². The second-order valence-electron chi connectivity index (χ2n) is 5.35. The minimum Gasteiger partial charge on any atom is -0.494 e. The largest absolute Gasteiger partial charge is 0.494 e. The number of halogens is 1. The first-order chi connectivity index (χ1) is 11.0. The lowest BCUT2D eigenvalue weighted by atomic mass is 10.2. The molecule has 0 unspecified atom stereocenters. The smallest absolute Gasteiger partial charge is 0.254 e. The van der Waals surface area contributed by atoms with Gasteiger partial charge in [-0.05, 0) is 12.1 Å². The van der Waals surface area contributed by atoms with Crippen LogP contribution in [0, 0.1) is 5.82 Å². The summed E-state index contributed by atoms with van der Waals surface area (Å²) in [6, 6.07) is 8.92. The Morgan fingerprint density at radius 3 is 2.48 bits per heavy atom. The van der Waals surface area contributed by atoms with Crippen LogP contribution in [0.25, 0.3) is 0 Å². The van der Waals surface area contributed by atoms with Crippen molar-refractivity contribution >= 4 is 11.6 Å². The zero-order valence-corrected chi connectivity index (χ0v) is 12.3. The molecule has 0 spiro atoms. The van der Waals surface area contributed by atoms with Crippen LogP contribution in [0.5, 0.6) is 5.88 Å². The van der Waals surface area contributed by atoms with E-state index in [9.17, 15) is 19.1 Å². The van der Waals surface area contributed by atoms with Crippen molar-refractivity contribution in [1.82, 2.24) is 9.88 Å². The van der Waals surface area contributed by atoms with E-state index in [0.717, 1.165) is 6.07 Å². The standard InChI is InChI=1S/C16H16FN3O3/c17-12-3-1-2-4-13(12)19-5-7-20(8-6-19)16(23)11-9-14(21)18-15(22)10-11/h1-4,9-10H,5-8H2,(H2,18,21,22). The van der Waals surface area contributed by atoms with Gasteiger partial charge in [-0.2, -0.15) is 0 Å². The highest BCUT2D eigenvalue weighted by Crippen LogP contribution is 2.20. The van der Waals surface area contributed by atoms with Crippen LogP contribution >= 0.6 is 0 Å². The van der Waals surface area contributed by atoms with Gasteiger partial charge >= 0.3 is 0 Å². The van der Waals surface area contributed by atoms with Crippen molar-refractivity contribution in [3.63, 3.8) is 0 Å². The van der Waals surface area contributed by atoms with E-state index in [-0.39, 0.29) is 23.2 Å². The monoisotopic (exact) mass is 317 g/mol. The lowest BCUT2D eigenvalue weighted by molar-refractivity contribution is 0.0746. The number of rotatable bonds is 2. The van der Waals surface area contributed by atoms with Crippen molar-refractivity contribution in [2.45, 2.75) is 0 Å². The first kappa shape index (κ1) is 15.1. The number of aromatic amines is 1. The van der Waals surface area contributed by atoms with Crippen molar-refractivity contribution in [2.24, 2.45) is 0 Å². The molecular weight excluding hydrogens is 301 g/mol. The molecule has 1 aliphatic rings. The molecule has 3 rings (SSSR count). The van der Waals surface area contributed by atoms with E-state index in [1.54, 1.807) is 23.1 Å². The number of nitrogens with one attached hydrogen (secondary N) is 1. The molecule has 0 bridgehead atoms. The third kappa shape index (κ3) is 3.18. The number of carbonyl (C=O) groups is 1. The predicted molar refractivity (Wildman–Crippen MR) is 83.2 cm³/mol. The van der Waals surface area contributed by atoms with Crippen LogP contribution in [-0.2, 0) is 0 Å². The zero-order valence-electron chi connectivity index (χ0n) is 12.3. The van der Waals surface area contributed by atoms with E-state index < -0.39 is 5.56 Å². The normalized spacial score (nSPS) is 14.8. The third-order valence-electron chi connectivity index (χ3n) is 3.84. The van der Waals surface area contributed by atoms with Gasteiger partial charge in [0.1, 0.15) is 5.82 Å². The highest BCUT2D eigenvalue weighted by molar-refractivity contribution is 5.94. The van der Waals surface area contributed by atoms with E-state index >= 15 is 0 Å². The highest BCUT2D eigenvalue weighted by Gasteiger charge is 2.24. The molecule has 1 saturated heterocycles. The molecule has 2 heterocycles. The quantitative estimate of drug-likeness (QED) is 0.872. The third-order valence-corrected chi connectivity index (χ3v) is 3.84. The molecular formula is C16H16FN3O3. The number of aromatic nitrogens is 1. The first-order valence-electron chi connectivity index (χ1n) is 7.27. The summed E-state index contributed by atoms with van der Waals surface area (Å²) in [4.78, 5) is 29.4. The van der Waals surface area contributed by atoms with Crippen molar-refractivity contribution in [3.05, 3.63) is 58.1 Å². The van der Waals surface area contributed by atoms with Gasteiger partial charge in [-0.25, -0.2) is 4.39 Å². The van der Waals surface area contributed by atoms with E-state index in [1.165, 1.54) is 12.1 Å². The lowest BCUT2D eigenvalue weighted by Crippen LogP contribution is -2.49. The Morgan fingerprint density at radius 2 is 1.83 bits per heavy atom. The lowest BCUT2D eigenvalue weighted by Gasteiger charge is -2.36. The van der Waals surface area contributed by atoms with Crippen molar-refractivity contribution in [2.75, 3.05) is 31.1 Å². The van der Waals surface area contributed by atoms with Crippen LogP contribution in [-0.4, -0.2) is 47.1 Å². The van der Waals surface area contributed by atoms with Crippen molar-refractivity contribution in [1.29, 1.82) is 0 Å². The fourth-order valence-corrected chi connectivity index (χ4v) is 2.69. The number of hydrogen-bond donors (Lipinski definition) is 2. The summed E-state index contributed by atoms with van der Waals surface area (Å²) in [5, 5.41) is 9.39. The molecule has 2 N–H and O–H groups in total. The summed E-state index contributed by atoms with van der Waals surface area (Å²) in [6.07, 6.45) is 0. The number of amides is 1. The number of benzene rings is 1. The zero-order chi connectivity index (χ0) is 16.4. The van der Waals surface area contributed by atoms with E-state index in [0.29, 0.717) is 31.9 Å². The average molecular weight is 317 g/mol. The topological polar surface area (TPSA) is 76.6 Å². The van der Waals surface area contributed by atoms with Gasteiger partial charge in [-0.3, -0.25) is 14.6 Å². The molecule has 1 amide bonds. The van der Waals surface area contributed by atoms with Crippen molar-refractivity contribution < 1.29 is 14.3 Å². The number of H-pyrrole nitrogens is 1. The molecule has 1 aromatic carbocycles. The maximum absolute atomic E-state index is 13.8. The Morgan fingerprint density at radius 1 is 1.13 bits per heavy atom. The van der Waals surface area contributed by atoms with E-state index in [1.807, 2.05) is 4.90 Å². The van der Waals surface area contributed by atoms with Gasteiger partial charge in [0.25, 0.3) is 11.5 Å². The molecule has 1 fully saturated rings. The Balaban J connectivity index is 1.70. The van der Waals surface area contributed by atoms with E-state index in [4.69, 9.17) is 0 Å². The van der Waals surface area contributed by atoms with Crippen molar-refractivity contribution in [3.8, 4) is 5.88 Å². The first-order valence-corrected chi connectivity index (χ1v) is 7.27. The van der Waals surface area contributed by atoms with Gasteiger partial charge in [0.15, 0.2) is 5.88 Å². The Hall–Kier alpha value is -2.83. The summed E-state index contributed by atoms with van der Waals surface area (Å²) in [7, 11) is 0. The molecule has 1 aromatic heterocycles. The minimum absolute atomic E-state index is 0.144. The SMILES string of the molecule is O=C(c1cc(O)[nH]c(=O)c1)N1CCN(c2ccccc2F)CC1. The number of para-hydroxylation sites is 1. The number of nitrogens with zero attached hydrogens (tertiary/aromatic N) is 2. The summed E-state index contributed by atoms with van der Waals surface area (Å²) < 4.78 is 13.8. The molecule has 7 heteroatoms. The van der Waals surface area contributed by atoms with Gasteiger partial charge in [0.2, 0.25) is 0 Å². The second-order valence-corrected chi connectivity index (χ2v) is 5.35. The van der Waals surface area contributed by atoms with Crippen LogP contribution in [0.3, 0.4) is 0 Å². The molecule has 1 aliphatic heterocycles. The van der Waals surface area contributed by atoms with Gasteiger partial charge in [-0.1, -0.05) is 12.1 Å². The highest BCUT2D eigenvalue weighted by atomic mass is 19.1. The van der Waals surface area contributed by atoms with Gasteiger partial charge in [-0.15, -0.1) is 0 Å². The number of anilines is 1. The summed E-state index contributed by atoms with van der Waals surface area (Å²) in [5.41, 5.74) is 0.136. The molecule has 0 radical (unpaired) electrons. The van der Waals surface area contributed by atoms with Gasteiger partial charge < -0.3 is 14.9 Å². The van der Waals surface area contributed by atoms with Gasteiger partial charge in [0.05, 0.1) is 11.3 Å². The fourth-order valence-electron chi connectivity index (χ4n) is 2.69. The maximum Gasteiger partial charge on any atom is 0.254 e. The summed E-state index contributed by atoms with van der Waals surface area (Å²) >= 11 is 0. The van der Waals surface area contributed by atoms with Crippen LogP contribution in [0.15, 0.2) is 41.2 Å². The Bertz CT molecular complexity index is 782. The molecule has 6 nitrogen and oxygen atoms in total. The fraction of sp³-hybridized carbons (Fsp3) is 0.250. The maximum atomic E-state index is 13.8. The Kier molecular flexibility index (Phi) is 4.01. The molecule has 120 valence electrons. The number of pyridine rings is 1. The van der Waals surface area contributed by atoms with Crippen LogP contribution < -0.4 is 10.5 Å².